The Morgan fingerprint density at radius 1 is 1.38 bits per heavy atom. The van der Waals surface area contributed by atoms with Gasteiger partial charge in [-0.25, -0.2) is 4.79 Å². The minimum absolute atomic E-state index is 0.386. The molecular formula is C9H9N2O2+. The second-order valence-electron chi connectivity index (χ2n) is 2.80. The Bertz CT molecular complexity index is 470. The smallest absolute Gasteiger partial charge is 0.283 e. The summed E-state index contributed by atoms with van der Waals surface area (Å²) >= 11 is 0. The molecule has 0 radical (unpaired) electrons. The molecule has 0 aliphatic carbocycles. The lowest BCUT2D eigenvalue weighted by Crippen LogP contribution is -2.33. The average molecular weight is 177 g/mol. The van der Waals surface area contributed by atoms with Crippen LogP contribution in [0.4, 0.5) is 0 Å². The maximum Gasteiger partial charge on any atom is 0.427 e. The number of nitrogens with one attached hydrogen (secondary N) is 1. The van der Waals surface area contributed by atoms with Crippen LogP contribution < -0.4 is 10.3 Å². The third kappa shape index (κ3) is 1.38. The monoisotopic (exact) mass is 177 g/mol. The van der Waals surface area contributed by atoms with E-state index in [9.17, 15) is 4.79 Å². The molecule has 0 saturated carbocycles. The van der Waals surface area contributed by atoms with Crippen molar-refractivity contribution in [1.82, 2.24) is 5.27 Å². The van der Waals surface area contributed by atoms with E-state index >= 15 is 0 Å². The van der Waals surface area contributed by atoms with E-state index in [4.69, 9.17) is 0 Å². The number of nitrogens with zero attached hydrogens (tertiary/aromatic N) is 1. The van der Waals surface area contributed by atoms with Crippen molar-refractivity contribution in [2.45, 2.75) is 6.92 Å². The molecule has 0 atom stereocenters. The Morgan fingerprint density at radius 3 is 2.77 bits per heavy atom. The van der Waals surface area contributed by atoms with Crippen LogP contribution in [0.25, 0.3) is 5.69 Å². The van der Waals surface area contributed by atoms with Gasteiger partial charge in [0.1, 0.15) is 0 Å². The summed E-state index contributed by atoms with van der Waals surface area (Å²) in [6, 6.07) is 7.71. The number of aromatic nitrogens is 2. The Balaban J connectivity index is 2.58. The number of para-hydroxylation sites is 1. The summed E-state index contributed by atoms with van der Waals surface area (Å²) in [4.78, 5) is 10.8. The number of aromatic amines is 1. The van der Waals surface area contributed by atoms with E-state index in [2.05, 4.69) is 9.79 Å². The first-order chi connectivity index (χ1) is 6.27. The molecule has 4 heteroatoms. The second kappa shape index (κ2) is 2.90. The van der Waals surface area contributed by atoms with Gasteiger partial charge in [0.05, 0.1) is 0 Å². The lowest BCUT2D eigenvalue weighted by atomic mass is 10.2. The number of aryl methyl sites for hydroxylation is 1. The zero-order chi connectivity index (χ0) is 9.26. The van der Waals surface area contributed by atoms with Gasteiger partial charge in [-0.1, -0.05) is 18.2 Å². The molecule has 2 rings (SSSR count). The first-order valence-electron chi connectivity index (χ1n) is 3.93. The Morgan fingerprint density at radius 2 is 2.15 bits per heavy atom. The van der Waals surface area contributed by atoms with E-state index < -0.39 is 0 Å². The van der Waals surface area contributed by atoms with Crippen molar-refractivity contribution < 1.29 is 9.20 Å². The topological polar surface area (TPSA) is 49.9 Å². The van der Waals surface area contributed by atoms with Gasteiger partial charge in [0.15, 0.2) is 0 Å². The minimum atomic E-state index is -0.386. The zero-order valence-electron chi connectivity index (χ0n) is 7.15. The van der Waals surface area contributed by atoms with Crippen molar-refractivity contribution >= 4 is 0 Å². The van der Waals surface area contributed by atoms with Crippen LogP contribution in [0.15, 0.2) is 39.8 Å². The predicted molar refractivity (Wildman–Crippen MR) is 45.6 cm³/mol. The van der Waals surface area contributed by atoms with E-state index in [0.29, 0.717) is 0 Å². The maximum absolute atomic E-state index is 10.8. The SMILES string of the molecule is Cc1ccccc1-[n+]1cc(=O)o[nH]1. The molecule has 1 aromatic carbocycles. The van der Waals surface area contributed by atoms with Crippen LogP contribution in [-0.4, -0.2) is 5.27 Å². The van der Waals surface area contributed by atoms with E-state index in [-0.39, 0.29) is 5.63 Å². The normalized spacial score (nSPS) is 10.2. The molecule has 13 heavy (non-hydrogen) atoms. The van der Waals surface area contributed by atoms with Gasteiger partial charge in [-0.3, -0.25) is 4.52 Å². The van der Waals surface area contributed by atoms with Crippen molar-refractivity contribution in [2.75, 3.05) is 0 Å². The fourth-order valence-corrected chi connectivity index (χ4v) is 1.20. The lowest BCUT2D eigenvalue weighted by molar-refractivity contribution is -0.670. The highest BCUT2D eigenvalue weighted by molar-refractivity contribution is 5.31. The van der Waals surface area contributed by atoms with Gasteiger partial charge in [0, 0.05) is 11.6 Å². The molecule has 0 saturated heterocycles. The molecule has 0 aliphatic heterocycles. The van der Waals surface area contributed by atoms with Crippen molar-refractivity contribution in [3.63, 3.8) is 0 Å². The van der Waals surface area contributed by atoms with Gasteiger partial charge in [0.25, 0.3) is 6.20 Å². The summed E-state index contributed by atoms with van der Waals surface area (Å²) in [6.45, 7) is 1.97. The van der Waals surface area contributed by atoms with Gasteiger partial charge in [0.2, 0.25) is 5.69 Å². The number of hydrogen-bond donors (Lipinski definition) is 1. The Labute approximate surface area is 74.4 Å². The van der Waals surface area contributed by atoms with Crippen LogP contribution in [0, 0.1) is 6.92 Å². The van der Waals surface area contributed by atoms with Crippen molar-refractivity contribution in [3.8, 4) is 5.69 Å². The highest BCUT2D eigenvalue weighted by atomic mass is 16.5. The summed E-state index contributed by atoms with van der Waals surface area (Å²) in [5, 5.41) is 2.49. The quantitative estimate of drug-likeness (QED) is 0.647. The highest BCUT2D eigenvalue weighted by Gasteiger charge is 2.11. The number of hydrogen-bond acceptors (Lipinski definition) is 2. The van der Waals surface area contributed by atoms with Crippen molar-refractivity contribution in [3.05, 3.63) is 46.4 Å². The first-order valence-corrected chi connectivity index (χ1v) is 3.93. The molecule has 2 aromatic rings. The molecule has 0 fully saturated rings. The average Bonchev–Trinajstić information content (AvgIpc) is 2.53. The maximum atomic E-state index is 10.8. The van der Waals surface area contributed by atoms with E-state index in [1.807, 2.05) is 31.2 Å². The van der Waals surface area contributed by atoms with E-state index in [0.717, 1.165) is 11.3 Å². The lowest BCUT2D eigenvalue weighted by Gasteiger charge is -1.92. The molecule has 0 aliphatic rings. The zero-order valence-corrected chi connectivity index (χ0v) is 7.15. The summed E-state index contributed by atoms with van der Waals surface area (Å²) in [6.07, 6.45) is 1.36. The third-order valence-corrected chi connectivity index (χ3v) is 1.85. The minimum Gasteiger partial charge on any atom is -0.283 e. The van der Waals surface area contributed by atoms with Crippen LogP contribution in [0.3, 0.4) is 0 Å². The van der Waals surface area contributed by atoms with Gasteiger partial charge in [-0.05, 0) is 16.9 Å². The Hall–Kier alpha value is -1.84. The molecule has 1 N–H and O–H groups in total. The molecule has 0 spiro atoms. The molecule has 4 nitrogen and oxygen atoms in total. The standard InChI is InChI=1S/C9H8N2O2/c1-7-4-2-3-5-8(7)11-6-9(12)13-10-11/h2-6H,1H3/p+1. The molecule has 0 amide bonds. The molecule has 1 heterocycles. The first kappa shape index (κ1) is 7.79. The summed E-state index contributed by atoms with van der Waals surface area (Å²) in [5.41, 5.74) is 1.60. The number of rotatable bonds is 1. The van der Waals surface area contributed by atoms with Gasteiger partial charge >= 0.3 is 5.63 Å². The molecule has 1 aromatic heterocycles. The predicted octanol–water partition coefficient (Wildman–Crippen LogP) is 0.553. The highest BCUT2D eigenvalue weighted by Crippen LogP contribution is 2.04. The molecular weight excluding hydrogens is 168 g/mol. The second-order valence-corrected chi connectivity index (χ2v) is 2.80. The molecule has 0 unspecified atom stereocenters. The van der Waals surface area contributed by atoms with Crippen molar-refractivity contribution in [2.24, 2.45) is 0 Å². The fraction of sp³-hybridized carbons (Fsp3) is 0.111. The number of benzene rings is 1. The molecule has 66 valence electrons. The van der Waals surface area contributed by atoms with E-state index in [1.165, 1.54) is 6.20 Å². The van der Waals surface area contributed by atoms with E-state index in [1.54, 1.807) is 4.68 Å². The Kier molecular flexibility index (Phi) is 1.73. The third-order valence-electron chi connectivity index (χ3n) is 1.85. The van der Waals surface area contributed by atoms with Gasteiger partial charge in [-0.15, -0.1) is 0 Å². The van der Waals surface area contributed by atoms with Gasteiger partial charge in [-0.2, -0.15) is 0 Å². The number of H-pyrrole nitrogens is 1. The summed E-state index contributed by atoms with van der Waals surface area (Å²) in [5.74, 6) is 0. The van der Waals surface area contributed by atoms with Crippen LogP contribution in [0.5, 0.6) is 0 Å². The van der Waals surface area contributed by atoms with Crippen molar-refractivity contribution in [1.29, 1.82) is 0 Å². The summed E-state index contributed by atoms with van der Waals surface area (Å²) in [7, 11) is 0. The summed E-state index contributed by atoms with van der Waals surface area (Å²) < 4.78 is 6.11. The van der Waals surface area contributed by atoms with Crippen LogP contribution in [-0.2, 0) is 0 Å². The largest absolute Gasteiger partial charge is 0.427 e. The van der Waals surface area contributed by atoms with Gasteiger partial charge < -0.3 is 0 Å². The van der Waals surface area contributed by atoms with Crippen LogP contribution >= 0.6 is 0 Å². The fourth-order valence-electron chi connectivity index (χ4n) is 1.20. The van der Waals surface area contributed by atoms with Crippen LogP contribution in [0.2, 0.25) is 0 Å². The van der Waals surface area contributed by atoms with Crippen LogP contribution in [0.1, 0.15) is 5.56 Å². The molecule has 0 bridgehead atoms.